The molecule has 9 heteroatoms. The highest BCUT2D eigenvalue weighted by atomic mass is 16.6. The number of hydrogen-bond donors (Lipinski definition) is 1. The summed E-state index contributed by atoms with van der Waals surface area (Å²) in [4.78, 5) is 45.7. The number of anilines is 1. The van der Waals surface area contributed by atoms with Crippen LogP contribution in [0.4, 0.5) is 11.4 Å². The Bertz CT molecular complexity index is 1660. The molecule has 0 unspecified atom stereocenters. The highest BCUT2D eigenvalue weighted by Crippen LogP contribution is 2.34. The molecule has 9 nitrogen and oxygen atoms in total. The third kappa shape index (κ3) is 3.55. The molecule has 0 bridgehead atoms. The maximum Gasteiger partial charge on any atom is 0.273 e. The van der Waals surface area contributed by atoms with Crippen LogP contribution in [0, 0.1) is 10.1 Å². The van der Waals surface area contributed by atoms with Crippen molar-refractivity contribution < 1.29 is 19.2 Å². The van der Waals surface area contributed by atoms with E-state index in [1.54, 1.807) is 36.4 Å². The van der Waals surface area contributed by atoms with E-state index in [1.165, 1.54) is 30.3 Å². The second-order valence-electron chi connectivity index (χ2n) is 8.16. The van der Waals surface area contributed by atoms with Crippen molar-refractivity contribution in [1.82, 2.24) is 9.97 Å². The van der Waals surface area contributed by atoms with Crippen LogP contribution in [0.15, 0.2) is 91.0 Å². The lowest BCUT2D eigenvalue weighted by Crippen LogP contribution is -2.29. The van der Waals surface area contributed by atoms with Crippen molar-refractivity contribution in [2.45, 2.75) is 0 Å². The minimum Gasteiger partial charge on any atom is -0.457 e. The lowest BCUT2D eigenvalue weighted by molar-refractivity contribution is -0.384. The molecule has 1 aliphatic heterocycles. The number of ether oxygens (including phenoxy) is 1. The number of aromatic nitrogens is 2. The number of non-ortho nitro benzene ring substituents is 1. The van der Waals surface area contributed by atoms with Crippen molar-refractivity contribution in [1.29, 1.82) is 0 Å². The molecule has 4 aromatic carbocycles. The Morgan fingerprint density at radius 3 is 2.33 bits per heavy atom. The average molecular weight is 476 g/mol. The Balaban J connectivity index is 1.26. The number of H-pyrrole nitrogens is 1. The Morgan fingerprint density at radius 2 is 1.56 bits per heavy atom. The van der Waals surface area contributed by atoms with Gasteiger partial charge in [-0.15, -0.1) is 0 Å². The molecular formula is C27H16N4O5. The summed E-state index contributed by atoms with van der Waals surface area (Å²) in [6.07, 6.45) is 0. The van der Waals surface area contributed by atoms with Gasteiger partial charge in [0.1, 0.15) is 17.3 Å². The zero-order chi connectivity index (χ0) is 24.8. The fourth-order valence-electron chi connectivity index (χ4n) is 4.17. The predicted molar refractivity (Wildman–Crippen MR) is 132 cm³/mol. The van der Waals surface area contributed by atoms with Crippen molar-refractivity contribution in [3.05, 3.63) is 112 Å². The Hall–Kier alpha value is -5.31. The molecule has 2 heterocycles. The van der Waals surface area contributed by atoms with Crippen LogP contribution in [-0.2, 0) is 0 Å². The second-order valence-corrected chi connectivity index (χ2v) is 8.16. The predicted octanol–water partition coefficient (Wildman–Crippen LogP) is 5.73. The number of nitrogens with zero attached hydrogens (tertiary/aromatic N) is 3. The summed E-state index contributed by atoms with van der Waals surface area (Å²) in [6.45, 7) is 0. The van der Waals surface area contributed by atoms with Crippen LogP contribution < -0.4 is 9.64 Å². The fourth-order valence-corrected chi connectivity index (χ4v) is 4.17. The van der Waals surface area contributed by atoms with Crippen LogP contribution in [-0.4, -0.2) is 26.7 Å². The van der Waals surface area contributed by atoms with Gasteiger partial charge in [-0.25, -0.2) is 9.88 Å². The molecule has 0 radical (unpaired) electrons. The normalized spacial score (nSPS) is 12.7. The van der Waals surface area contributed by atoms with Gasteiger partial charge in [0.2, 0.25) is 0 Å². The molecule has 0 saturated heterocycles. The first-order chi connectivity index (χ1) is 17.5. The number of carbonyl (C=O) groups is 2. The molecule has 0 saturated carbocycles. The lowest BCUT2D eigenvalue weighted by Gasteiger charge is -2.14. The van der Waals surface area contributed by atoms with Gasteiger partial charge in [-0.05, 0) is 60.7 Å². The molecule has 0 fully saturated rings. The molecule has 1 N–H and O–H groups in total. The number of rotatable bonds is 5. The Labute approximate surface area is 203 Å². The number of amides is 2. The van der Waals surface area contributed by atoms with E-state index >= 15 is 0 Å². The maximum absolute atomic E-state index is 13.2. The summed E-state index contributed by atoms with van der Waals surface area (Å²) in [5, 5.41) is 11.0. The van der Waals surface area contributed by atoms with Gasteiger partial charge in [0, 0.05) is 11.6 Å². The summed E-state index contributed by atoms with van der Waals surface area (Å²) >= 11 is 0. The van der Waals surface area contributed by atoms with Crippen LogP contribution >= 0.6 is 0 Å². The van der Waals surface area contributed by atoms with Crippen LogP contribution in [0.3, 0.4) is 0 Å². The molecule has 1 aromatic heterocycles. The van der Waals surface area contributed by atoms with E-state index in [-0.39, 0.29) is 28.3 Å². The Kier molecular flexibility index (Phi) is 4.82. The first-order valence-corrected chi connectivity index (χ1v) is 11.0. The van der Waals surface area contributed by atoms with E-state index in [1.807, 2.05) is 24.3 Å². The van der Waals surface area contributed by atoms with Gasteiger partial charge in [-0.3, -0.25) is 19.7 Å². The number of benzene rings is 4. The minimum atomic E-state index is -0.519. The number of imide groups is 1. The fraction of sp³-hybridized carbons (Fsp3) is 0. The van der Waals surface area contributed by atoms with Crippen LogP contribution in [0.5, 0.6) is 11.5 Å². The third-order valence-corrected chi connectivity index (χ3v) is 5.91. The second kappa shape index (κ2) is 8.17. The third-order valence-electron chi connectivity index (χ3n) is 5.91. The van der Waals surface area contributed by atoms with E-state index < -0.39 is 16.7 Å². The quantitative estimate of drug-likeness (QED) is 0.197. The molecule has 2 amide bonds. The summed E-state index contributed by atoms with van der Waals surface area (Å²) in [6, 6.07) is 25.0. The van der Waals surface area contributed by atoms with Gasteiger partial charge in [0.15, 0.2) is 0 Å². The molecule has 6 rings (SSSR count). The van der Waals surface area contributed by atoms with Crippen LogP contribution in [0.2, 0.25) is 0 Å². The number of para-hydroxylation sites is 2. The van der Waals surface area contributed by atoms with Gasteiger partial charge in [-0.2, -0.15) is 0 Å². The number of nitrogens with one attached hydrogen (secondary N) is 1. The average Bonchev–Trinajstić information content (AvgIpc) is 3.43. The first-order valence-electron chi connectivity index (χ1n) is 11.0. The highest BCUT2D eigenvalue weighted by molar-refractivity contribution is 6.34. The molecule has 0 atom stereocenters. The van der Waals surface area contributed by atoms with Crippen molar-refractivity contribution >= 4 is 34.2 Å². The van der Waals surface area contributed by atoms with Crippen LogP contribution in [0.1, 0.15) is 20.7 Å². The molecule has 0 aliphatic carbocycles. The minimum absolute atomic E-state index is 0.114. The molecule has 174 valence electrons. The number of nitro groups is 1. The topological polar surface area (TPSA) is 118 Å². The van der Waals surface area contributed by atoms with E-state index in [0.29, 0.717) is 11.5 Å². The summed E-state index contributed by atoms with van der Waals surface area (Å²) in [5.41, 5.74) is 3.36. The number of hydrogen-bond acceptors (Lipinski definition) is 6. The van der Waals surface area contributed by atoms with E-state index in [2.05, 4.69) is 9.97 Å². The highest BCUT2D eigenvalue weighted by Gasteiger charge is 2.37. The van der Waals surface area contributed by atoms with Crippen LogP contribution in [0.25, 0.3) is 22.4 Å². The van der Waals surface area contributed by atoms with Crippen molar-refractivity contribution in [3.63, 3.8) is 0 Å². The van der Waals surface area contributed by atoms with Gasteiger partial charge in [0.05, 0.1) is 38.8 Å². The van der Waals surface area contributed by atoms with E-state index in [9.17, 15) is 19.7 Å². The monoisotopic (exact) mass is 476 g/mol. The smallest absolute Gasteiger partial charge is 0.273 e. The van der Waals surface area contributed by atoms with E-state index in [0.717, 1.165) is 21.5 Å². The molecular weight excluding hydrogens is 460 g/mol. The van der Waals surface area contributed by atoms with Gasteiger partial charge >= 0.3 is 0 Å². The SMILES string of the molecule is O=C1c2ccc(Oc3cccc([N+](=O)[O-])c3)cc2C(=O)N1c1ccc(-c2nc3ccccc3[nH]2)cc1. The van der Waals surface area contributed by atoms with Crippen molar-refractivity contribution in [3.8, 4) is 22.9 Å². The number of imidazole rings is 1. The van der Waals surface area contributed by atoms with Gasteiger partial charge in [0.25, 0.3) is 17.5 Å². The molecule has 36 heavy (non-hydrogen) atoms. The maximum atomic E-state index is 13.2. The first kappa shape index (κ1) is 21.2. The molecule has 1 aliphatic rings. The van der Waals surface area contributed by atoms with Gasteiger partial charge < -0.3 is 9.72 Å². The number of carbonyl (C=O) groups excluding carboxylic acids is 2. The van der Waals surface area contributed by atoms with Gasteiger partial charge in [-0.1, -0.05) is 18.2 Å². The molecule has 0 spiro atoms. The number of nitro benzene ring substituents is 1. The van der Waals surface area contributed by atoms with Crippen molar-refractivity contribution in [2.24, 2.45) is 0 Å². The zero-order valence-electron chi connectivity index (χ0n) is 18.5. The number of aromatic amines is 1. The number of fused-ring (bicyclic) bond motifs is 2. The largest absolute Gasteiger partial charge is 0.457 e. The zero-order valence-corrected chi connectivity index (χ0v) is 18.5. The van der Waals surface area contributed by atoms with Crippen molar-refractivity contribution in [2.75, 3.05) is 4.90 Å². The summed E-state index contributed by atoms with van der Waals surface area (Å²) in [5.74, 6) is 0.314. The standard InChI is InChI=1S/C27H16N4O5/c32-26-21-13-12-20(36-19-5-3-4-18(14-19)31(34)35)15-22(21)27(33)30(26)17-10-8-16(9-11-17)25-28-23-6-1-2-7-24(23)29-25/h1-15H,(H,28,29). The Morgan fingerprint density at radius 1 is 0.806 bits per heavy atom. The lowest BCUT2D eigenvalue weighted by atomic mass is 10.1. The molecule has 5 aromatic rings. The van der Waals surface area contributed by atoms with E-state index in [4.69, 9.17) is 4.74 Å². The summed E-state index contributed by atoms with van der Waals surface area (Å²) in [7, 11) is 0. The summed E-state index contributed by atoms with van der Waals surface area (Å²) < 4.78 is 5.71.